The van der Waals surface area contributed by atoms with Crippen LogP contribution in [0.2, 0.25) is 5.02 Å². The van der Waals surface area contributed by atoms with Crippen molar-refractivity contribution in [2.75, 3.05) is 5.32 Å². The van der Waals surface area contributed by atoms with Gasteiger partial charge in [0.1, 0.15) is 11.3 Å². The number of anilines is 1. The zero-order valence-electron chi connectivity index (χ0n) is 10.5. The molecule has 0 aliphatic carbocycles. The second-order valence-corrected chi connectivity index (χ2v) is 4.41. The number of hydrogen-bond acceptors (Lipinski definition) is 4. The molecule has 2 aromatic rings. The van der Waals surface area contributed by atoms with Gasteiger partial charge in [0.2, 0.25) is 0 Å². The maximum Gasteiger partial charge on any atom is 0.417 e. The van der Waals surface area contributed by atoms with E-state index < -0.39 is 17.8 Å². The molecular weight excluding hydrogens is 298 g/mol. The van der Waals surface area contributed by atoms with Gasteiger partial charge in [-0.05, 0) is 36.4 Å². The van der Waals surface area contributed by atoms with Gasteiger partial charge in [0.25, 0.3) is 0 Å². The number of carbonyl (C=O) groups is 2. The average molecular weight is 308 g/mol. The van der Waals surface area contributed by atoms with E-state index in [9.17, 15) is 14.7 Å². The fraction of sp³-hybridized carbons (Fsp3) is 0. The molecule has 0 spiro atoms. The van der Waals surface area contributed by atoms with E-state index in [1.807, 2.05) is 0 Å². The maximum atomic E-state index is 11.7. The first-order valence-electron chi connectivity index (χ1n) is 5.77. The molecule has 0 saturated heterocycles. The summed E-state index contributed by atoms with van der Waals surface area (Å²) < 4.78 is 4.96. The highest BCUT2D eigenvalue weighted by molar-refractivity contribution is 6.30. The second kappa shape index (κ2) is 6.15. The first-order valence-corrected chi connectivity index (χ1v) is 6.15. The lowest BCUT2D eigenvalue weighted by Gasteiger charge is -2.09. The number of phenols is 1. The highest BCUT2D eigenvalue weighted by Crippen LogP contribution is 2.27. The Morgan fingerprint density at radius 1 is 1.10 bits per heavy atom. The van der Waals surface area contributed by atoms with Crippen LogP contribution >= 0.6 is 11.6 Å². The maximum absolute atomic E-state index is 11.7. The lowest BCUT2D eigenvalue weighted by molar-refractivity contribution is 0.0693. The number of hydrogen-bond donors (Lipinski definition) is 3. The van der Waals surface area contributed by atoms with Gasteiger partial charge in [-0.3, -0.25) is 5.32 Å². The number of halogens is 1. The topological polar surface area (TPSA) is 95.9 Å². The average Bonchev–Trinajstić information content (AvgIpc) is 2.43. The molecule has 2 rings (SSSR count). The van der Waals surface area contributed by atoms with Gasteiger partial charge in [0, 0.05) is 5.02 Å². The summed E-state index contributed by atoms with van der Waals surface area (Å²) >= 11 is 5.70. The van der Waals surface area contributed by atoms with Crippen molar-refractivity contribution in [2.45, 2.75) is 0 Å². The van der Waals surface area contributed by atoms with Crippen molar-refractivity contribution in [1.29, 1.82) is 0 Å². The molecule has 0 radical (unpaired) electrons. The van der Waals surface area contributed by atoms with Gasteiger partial charge >= 0.3 is 12.1 Å². The highest BCUT2D eigenvalue weighted by Gasteiger charge is 2.15. The summed E-state index contributed by atoms with van der Waals surface area (Å²) in [6, 6.07) is 10.0. The van der Waals surface area contributed by atoms with E-state index >= 15 is 0 Å². The van der Waals surface area contributed by atoms with Crippen LogP contribution in [0.3, 0.4) is 0 Å². The van der Waals surface area contributed by atoms with E-state index in [-0.39, 0.29) is 17.0 Å². The normalized spacial score (nSPS) is 9.95. The predicted octanol–water partition coefficient (Wildman–Crippen LogP) is 3.35. The quantitative estimate of drug-likeness (QED) is 0.756. The lowest BCUT2D eigenvalue weighted by atomic mass is 10.2. The first kappa shape index (κ1) is 14.7. The Labute approximate surface area is 124 Å². The molecule has 0 heterocycles. The van der Waals surface area contributed by atoms with E-state index in [2.05, 4.69) is 5.32 Å². The minimum absolute atomic E-state index is 0.0612. The molecule has 0 aliphatic rings. The van der Waals surface area contributed by atoms with Crippen molar-refractivity contribution >= 4 is 29.4 Å². The summed E-state index contributed by atoms with van der Waals surface area (Å²) in [5.74, 6) is -1.59. The van der Waals surface area contributed by atoms with Crippen LogP contribution in [-0.4, -0.2) is 22.3 Å². The van der Waals surface area contributed by atoms with Crippen molar-refractivity contribution in [2.24, 2.45) is 0 Å². The van der Waals surface area contributed by atoms with Gasteiger partial charge in [-0.1, -0.05) is 17.7 Å². The van der Waals surface area contributed by atoms with Crippen LogP contribution in [0.15, 0.2) is 42.5 Å². The molecule has 0 aliphatic heterocycles. The Hall–Kier alpha value is -2.73. The number of carboxylic acids is 1. The molecular formula is C14H10ClNO5. The number of aromatic hydroxyl groups is 1. The van der Waals surface area contributed by atoms with Gasteiger partial charge in [-0.15, -0.1) is 0 Å². The molecule has 0 atom stereocenters. The first-order chi connectivity index (χ1) is 9.97. The van der Waals surface area contributed by atoms with Crippen LogP contribution in [0.5, 0.6) is 11.5 Å². The summed E-state index contributed by atoms with van der Waals surface area (Å²) in [5.41, 5.74) is -0.381. The fourth-order valence-electron chi connectivity index (χ4n) is 1.56. The number of aromatic carboxylic acids is 1. The zero-order chi connectivity index (χ0) is 15.4. The molecule has 1 amide bonds. The molecule has 7 heteroatoms. The second-order valence-electron chi connectivity index (χ2n) is 3.98. The Morgan fingerprint density at radius 3 is 2.38 bits per heavy atom. The van der Waals surface area contributed by atoms with Gasteiger partial charge in [0.05, 0.1) is 5.69 Å². The number of para-hydroxylation sites is 1. The van der Waals surface area contributed by atoms with E-state index in [1.54, 1.807) is 12.1 Å². The summed E-state index contributed by atoms with van der Waals surface area (Å²) in [6.07, 6.45) is -0.866. The molecule has 21 heavy (non-hydrogen) atoms. The Morgan fingerprint density at radius 2 is 1.76 bits per heavy atom. The van der Waals surface area contributed by atoms with Crippen molar-refractivity contribution in [3.05, 3.63) is 53.1 Å². The highest BCUT2D eigenvalue weighted by atomic mass is 35.5. The largest absolute Gasteiger partial charge is 0.505 e. The molecule has 108 valence electrons. The van der Waals surface area contributed by atoms with Crippen molar-refractivity contribution in [3.63, 3.8) is 0 Å². The van der Waals surface area contributed by atoms with E-state index in [4.69, 9.17) is 21.4 Å². The van der Waals surface area contributed by atoms with E-state index in [1.165, 1.54) is 30.3 Å². The summed E-state index contributed by atoms with van der Waals surface area (Å²) in [6.45, 7) is 0. The molecule has 2 aromatic carbocycles. The SMILES string of the molecule is O=C(Nc1cccc(C(=O)O)c1O)Oc1ccc(Cl)cc1. The van der Waals surface area contributed by atoms with Crippen LogP contribution in [0.4, 0.5) is 10.5 Å². The van der Waals surface area contributed by atoms with Crippen LogP contribution in [0.1, 0.15) is 10.4 Å². The third kappa shape index (κ3) is 3.64. The predicted molar refractivity (Wildman–Crippen MR) is 76.2 cm³/mol. The monoisotopic (exact) mass is 307 g/mol. The Balaban J connectivity index is 2.11. The fourth-order valence-corrected chi connectivity index (χ4v) is 1.69. The number of carboxylic acid groups (broad SMARTS) is 1. The molecule has 0 bridgehead atoms. The molecule has 0 unspecified atom stereocenters. The number of ether oxygens (including phenoxy) is 1. The van der Waals surface area contributed by atoms with Crippen LogP contribution in [0, 0.1) is 0 Å². The number of amides is 1. The molecule has 3 N–H and O–H groups in total. The van der Waals surface area contributed by atoms with Crippen molar-refractivity contribution in [3.8, 4) is 11.5 Å². The Kier molecular flexibility index (Phi) is 4.30. The molecule has 6 nitrogen and oxygen atoms in total. The van der Waals surface area contributed by atoms with Crippen LogP contribution in [0.25, 0.3) is 0 Å². The van der Waals surface area contributed by atoms with Crippen molar-refractivity contribution < 1.29 is 24.5 Å². The number of nitrogens with one attached hydrogen (secondary N) is 1. The van der Waals surface area contributed by atoms with E-state index in [0.29, 0.717) is 5.02 Å². The number of carbonyl (C=O) groups excluding carboxylic acids is 1. The smallest absolute Gasteiger partial charge is 0.417 e. The van der Waals surface area contributed by atoms with Crippen molar-refractivity contribution in [1.82, 2.24) is 0 Å². The summed E-state index contributed by atoms with van der Waals surface area (Å²) in [5, 5.41) is 21.4. The Bertz CT molecular complexity index is 684. The zero-order valence-corrected chi connectivity index (χ0v) is 11.3. The standard InChI is InChI=1S/C14H10ClNO5/c15-8-4-6-9(7-5-8)21-14(20)16-11-3-1-2-10(12(11)17)13(18)19/h1-7,17H,(H,16,20)(H,18,19). The summed E-state index contributed by atoms with van der Waals surface area (Å²) in [4.78, 5) is 22.5. The number of rotatable bonds is 3. The molecule has 0 fully saturated rings. The third-order valence-electron chi connectivity index (χ3n) is 2.53. The van der Waals surface area contributed by atoms with Crippen LogP contribution < -0.4 is 10.1 Å². The van der Waals surface area contributed by atoms with Gasteiger partial charge in [-0.25, -0.2) is 9.59 Å². The van der Waals surface area contributed by atoms with Gasteiger partial charge in [-0.2, -0.15) is 0 Å². The molecule has 0 saturated carbocycles. The number of benzene rings is 2. The minimum atomic E-state index is -1.30. The van der Waals surface area contributed by atoms with Crippen LogP contribution in [-0.2, 0) is 0 Å². The lowest BCUT2D eigenvalue weighted by Crippen LogP contribution is -2.17. The minimum Gasteiger partial charge on any atom is -0.505 e. The summed E-state index contributed by atoms with van der Waals surface area (Å²) in [7, 11) is 0. The van der Waals surface area contributed by atoms with Gasteiger partial charge in [0.15, 0.2) is 5.75 Å². The molecule has 0 aromatic heterocycles. The third-order valence-corrected chi connectivity index (χ3v) is 2.78. The van der Waals surface area contributed by atoms with Gasteiger partial charge < -0.3 is 14.9 Å². The van der Waals surface area contributed by atoms with E-state index in [0.717, 1.165) is 0 Å².